The minimum absolute atomic E-state index is 0.174. The normalized spacial score (nSPS) is 11.7. The Morgan fingerprint density at radius 3 is 2.36 bits per heavy atom. The van der Waals surface area contributed by atoms with Crippen molar-refractivity contribution in [2.24, 2.45) is 0 Å². The number of unbranched alkanes of at least 4 members (excludes halogenated alkanes) is 1. The lowest BCUT2D eigenvalue weighted by molar-refractivity contribution is 0.102. The number of aromatic nitrogens is 2. The standard InChI is InChI=1S/C25H26N4O3S/c1-3-4-17-29(2)33(31,32)21-15-11-19(12-16-21)25(30)26-20-13-9-18(10-14-20)24-27-22-7-5-6-8-23(22)28-24/h5-16H,3-4,17H2,1-2H3,(H,26,30)(H,27,28). The summed E-state index contributed by atoms with van der Waals surface area (Å²) in [6.07, 6.45) is 1.71. The first-order chi connectivity index (χ1) is 15.9. The molecule has 0 radical (unpaired) electrons. The van der Waals surface area contributed by atoms with E-state index in [0.29, 0.717) is 17.8 Å². The quantitative estimate of drug-likeness (QED) is 0.389. The third-order valence-electron chi connectivity index (χ3n) is 5.46. The first kappa shape index (κ1) is 22.7. The molecule has 0 aliphatic rings. The Labute approximate surface area is 193 Å². The fraction of sp³-hybridized carbons (Fsp3) is 0.200. The van der Waals surface area contributed by atoms with Crippen LogP contribution in [-0.2, 0) is 10.0 Å². The van der Waals surface area contributed by atoms with Gasteiger partial charge in [-0.1, -0.05) is 25.5 Å². The molecule has 0 aliphatic carbocycles. The number of carbonyl (C=O) groups is 1. The van der Waals surface area contributed by atoms with Crippen molar-refractivity contribution in [2.75, 3.05) is 18.9 Å². The molecule has 0 saturated carbocycles. The molecule has 0 unspecified atom stereocenters. The molecule has 0 spiro atoms. The van der Waals surface area contributed by atoms with Crippen LogP contribution < -0.4 is 5.32 Å². The van der Waals surface area contributed by atoms with Gasteiger partial charge in [-0.25, -0.2) is 17.7 Å². The average molecular weight is 463 g/mol. The lowest BCUT2D eigenvalue weighted by Crippen LogP contribution is -2.28. The van der Waals surface area contributed by atoms with E-state index in [4.69, 9.17) is 0 Å². The van der Waals surface area contributed by atoms with Crippen LogP contribution in [0.1, 0.15) is 30.1 Å². The zero-order valence-electron chi connectivity index (χ0n) is 18.6. The van der Waals surface area contributed by atoms with Crippen LogP contribution in [0.4, 0.5) is 5.69 Å². The highest BCUT2D eigenvalue weighted by molar-refractivity contribution is 7.89. The zero-order chi connectivity index (χ0) is 23.4. The number of anilines is 1. The first-order valence-corrected chi connectivity index (χ1v) is 12.3. The minimum atomic E-state index is -3.56. The van der Waals surface area contributed by atoms with Crippen molar-refractivity contribution in [3.63, 3.8) is 0 Å². The second-order valence-electron chi connectivity index (χ2n) is 7.84. The van der Waals surface area contributed by atoms with Crippen LogP contribution in [0.5, 0.6) is 0 Å². The largest absolute Gasteiger partial charge is 0.338 e. The highest BCUT2D eigenvalue weighted by Gasteiger charge is 2.20. The van der Waals surface area contributed by atoms with Crippen LogP contribution in [0.15, 0.2) is 77.7 Å². The van der Waals surface area contributed by atoms with Crippen molar-refractivity contribution in [1.82, 2.24) is 14.3 Å². The molecule has 8 heteroatoms. The Morgan fingerprint density at radius 2 is 1.70 bits per heavy atom. The molecule has 0 saturated heterocycles. The number of aromatic amines is 1. The monoisotopic (exact) mass is 462 g/mol. The van der Waals surface area contributed by atoms with Gasteiger partial charge < -0.3 is 10.3 Å². The van der Waals surface area contributed by atoms with Crippen molar-refractivity contribution < 1.29 is 13.2 Å². The van der Waals surface area contributed by atoms with Gasteiger partial charge in [0.15, 0.2) is 0 Å². The maximum atomic E-state index is 12.6. The van der Waals surface area contributed by atoms with E-state index < -0.39 is 10.0 Å². The van der Waals surface area contributed by atoms with E-state index in [1.807, 2.05) is 55.5 Å². The molecular formula is C25H26N4O3S. The second kappa shape index (κ2) is 9.56. The number of benzene rings is 3. The molecule has 4 rings (SSSR count). The highest BCUT2D eigenvalue weighted by Crippen LogP contribution is 2.22. The number of rotatable bonds is 8. The van der Waals surface area contributed by atoms with Crippen molar-refractivity contribution in [3.8, 4) is 11.4 Å². The molecule has 0 bridgehead atoms. The maximum Gasteiger partial charge on any atom is 0.255 e. The van der Waals surface area contributed by atoms with E-state index in [9.17, 15) is 13.2 Å². The average Bonchev–Trinajstić information content (AvgIpc) is 3.27. The Morgan fingerprint density at radius 1 is 1.00 bits per heavy atom. The summed E-state index contributed by atoms with van der Waals surface area (Å²) < 4.78 is 26.6. The smallest absolute Gasteiger partial charge is 0.255 e. The fourth-order valence-corrected chi connectivity index (χ4v) is 4.67. The number of H-pyrrole nitrogens is 1. The topological polar surface area (TPSA) is 95.2 Å². The van der Waals surface area contributed by atoms with Crippen LogP contribution in [0.25, 0.3) is 22.4 Å². The molecule has 3 aromatic carbocycles. The van der Waals surface area contributed by atoms with Gasteiger partial charge in [0, 0.05) is 30.4 Å². The number of imidazole rings is 1. The van der Waals surface area contributed by atoms with Crippen LogP contribution >= 0.6 is 0 Å². The number of sulfonamides is 1. The molecule has 1 amide bonds. The molecule has 1 heterocycles. The summed E-state index contributed by atoms with van der Waals surface area (Å²) in [7, 11) is -1.99. The number of hydrogen-bond acceptors (Lipinski definition) is 4. The summed E-state index contributed by atoms with van der Waals surface area (Å²) in [6.45, 7) is 2.48. The van der Waals surface area contributed by atoms with E-state index in [-0.39, 0.29) is 10.8 Å². The van der Waals surface area contributed by atoms with Gasteiger partial charge in [0.25, 0.3) is 5.91 Å². The van der Waals surface area contributed by atoms with Crippen molar-refractivity contribution in [2.45, 2.75) is 24.7 Å². The summed E-state index contributed by atoms with van der Waals surface area (Å²) in [5, 5.41) is 2.84. The van der Waals surface area contributed by atoms with Gasteiger partial charge >= 0.3 is 0 Å². The molecule has 1 aromatic heterocycles. The number of nitrogens with zero attached hydrogens (tertiary/aromatic N) is 2. The van der Waals surface area contributed by atoms with Gasteiger partial charge in [0.2, 0.25) is 10.0 Å². The highest BCUT2D eigenvalue weighted by atomic mass is 32.2. The number of nitrogens with one attached hydrogen (secondary N) is 2. The van der Waals surface area contributed by atoms with Crippen LogP contribution in [0, 0.1) is 0 Å². The minimum Gasteiger partial charge on any atom is -0.338 e. The summed E-state index contributed by atoms with van der Waals surface area (Å²) >= 11 is 0. The van der Waals surface area contributed by atoms with Gasteiger partial charge in [-0.15, -0.1) is 0 Å². The van der Waals surface area contributed by atoms with E-state index in [2.05, 4.69) is 15.3 Å². The molecule has 4 aromatic rings. The van der Waals surface area contributed by atoms with Gasteiger partial charge in [-0.05, 0) is 67.1 Å². The molecule has 33 heavy (non-hydrogen) atoms. The SMILES string of the molecule is CCCCN(C)S(=O)(=O)c1ccc(C(=O)Nc2ccc(-c3nc4ccccc4[nH]3)cc2)cc1. The fourth-order valence-electron chi connectivity index (χ4n) is 3.46. The summed E-state index contributed by atoms with van der Waals surface area (Å²) in [5.74, 6) is 0.449. The summed E-state index contributed by atoms with van der Waals surface area (Å²) in [5.41, 5.74) is 3.78. The number of para-hydroxylation sites is 2. The second-order valence-corrected chi connectivity index (χ2v) is 9.88. The van der Waals surface area contributed by atoms with Crippen molar-refractivity contribution >= 4 is 32.7 Å². The van der Waals surface area contributed by atoms with Crippen LogP contribution in [0.2, 0.25) is 0 Å². The molecule has 170 valence electrons. The van der Waals surface area contributed by atoms with Crippen molar-refractivity contribution in [3.05, 3.63) is 78.4 Å². The van der Waals surface area contributed by atoms with E-state index in [0.717, 1.165) is 35.3 Å². The summed E-state index contributed by atoms with van der Waals surface area (Å²) in [6, 6.07) is 21.2. The molecule has 2 N–H and O–H groups in total. The number of fused-ring (bicyclic) bond motifs is 1. The number of amides is 1. The third kappa shape index (κ3) is 4.97. The van der Waals surface area contributed by atoms with Gasteiger partial charge in [0.1, 0.15) is 5.82 Å². The molecule has 0 atom stereocenters. The van der Waals surface area contributed by atoms with Crippen molar-refractivity contribution in [1.29, 1.82) is 0 Å². The van der Waals surface area contributed by atoms with Gasteiger partial charge in [0.05, 0.1) is 15.9 Å². The Balaban J connectivity index is 1.44. The van der Waals surface area contributed by atoms with Gasteiger partial charge in [-0.2, -0.15) is 0 Å². The Hall–Kier alpha value is -3.49. The van der Waals surface area contributed by atoms with E-state index in [1.54, 1.807) is 7.05 Å². The number of carbonyl (C=O) groups excluding carboxylic acids is 1. The molecule has 0 fully saturated rings. The van der Waals surface area contributed by atoms with Crippen LogP contribution in [-0.4, -0.2) is 42.2 Å². The first-order valence-electron chi connectivity index (χ1n) is 10.8. The predicted molar refractivity (Wildman–Crippen MR) is 131 cm³/mol. The Kier molecular flexibility index (Phi) is 6.57. The summed E-state index contributed by atoms with van der Waals surface area (Å²) in [4.78, 5) is 20.7. The Bertz CT molecular complexity index is 1330. The molecule has 0 aliphatic heterocycles. The van der Waals surface area contributed by atoms with E-state index in [1.165, 1.54) is 28.6 Å². The van der Waals surface area contributed by atoms with E-state index >= 15 is 0 Å². The predicted octanol–water partition coefficient (Wildman–Crippen LogP) is 4.90. The lowest BCUT2D eigenvalue weighted by atomic mass is 10.1. The number of hydrogen-bond donors (Lipinski definition) is 2. The third-order valence-corrected chi connectivity index (χ3v) is 7.33. The van der Waals surface area contributed by atoms with Crippen LogP contribution in [0.3, 0.4) is 0 Å². The lowest BCUT2D eigenvalue weighted by Gasteiger charge is -2.17. The molecule has 7 nitrogen and oxygen atoms in total. The maximum absolute atomic E-state index is 12.6. The van der Waals surface area contributed by atoms with Gasteiger partial charge in [-0.3, -0.25) is 4.79 Å². The molecular weight excluding hydrogens is 436 g/mol. The zero-order valence-corrected chi connectivity index (χ0v) is 19.4.